The second-order valence-electron chi connectivity index (χ2n) is 7.58. The van der Waals surface area contributed by atoms with Crippen LogP contribution in [0, 0.1) is 5.92 Å². The maximum Gasteiger partial charge on any atom is 0.226 e. The summed E-state index contributed by atoms with van der Waals surface area (Å²) in [4.78, 5) is 17.2. The van der Waals surface area contributed by atoms with Crippen molar-refractivity contribution in [2.45, 2.75) is 58.0 Å². The van der Waals surface area contributed by atoms with Gasteiger partial charge in [0.05, 0.1) is 6.54 Å². The van der Waals surface area contributed by atoms with Gasteiger partial charge in [0.1, 0.15) is 11.6 Å². The highest BCUT2D eigenvalue weighted by Gasteiger charge is 2.28. The number of nitrogens with zero attached hydrogens (tertiary/aromatic N) is 5. The van der Waals surface area contributed by atoms with Crippen LogP contribution in [0.5, 0.6) is 0 Å². The minimum Gasteiger partial charge on any atom is -0.340 e. The Kier molecular flexibility index (Phi) is 5.15. The van der Waals surface area contributed by atoms with Crippen molar-refractivity contribution in [3.05, 3.63) is 23.8 Å². The molecular weight excluding hydrogens is 314 g/mol. The first-order valence-corrected chi connectivity index (χ1v) is 9.88. The minimum atomic E-state index is 0.212. The summed E-state index contributed by atoms with van der Waals surface area (Å²) in [6.45, 7) is 5.50. The first-order valence-electron chi connectivity index (χ1n) is 9.88. The Balaban J connectivity index is 1.31. The lowest BCUT2D eigenvalue weighted by molar-refractivity contribution is -0.137. The number of piperazine rings is 1. The Morgan fingerprint density at radius 3 is 2.72 bits per heavy atom. The molecule has 3 aliphatic rings. The van der Waals surface area contributed by atoms with E-state index in [4.69, 9.17) is 0 Å². The van der Waals surface area contributed by atoms with Crippen molar-refractivity contribution in [1.82, 2.24) is 24.6 Å². The fourth-order valence-corrected chi connectivity index (χ4v) is 4.26. The molecule has 0 aromatic carbocycles. The van der Waals surface area contributed by atoms with Gasteiger partial charge in [-0.1, -0.05) is 18.6 Å². The third kappa shape index (κ3) is 3.78. The molecule has 1 aromatic rings. The van der Waals surface area contributed by atoms with Gasteiger partial charge in [-0.15, -0.1) is 10.2 Å². The van der Waals surface area contributed by atoms with Crippen LogP contribution in [0.15, 0.2) is 12.2 Å². The third-order valence-corrected chi connectivity index (χ3v) is 5.85. The minimum absolute atomic E-state index is 0.212. The second kappa shape index (κ2) is 7.68. The number of aromatic nitrogens is 3. The first kappa shape index (κ1) is 16.8. The van der Waals surface area contributed by atoms with Crippen molar-refractivity contribution in [1.29, 1.82) is 0 Å². The van der Waals surface area contributed by atoms with Gasteiger partial charge in [0.2, 0.25) is 5.91 Å². The summed E-state index contributed by atoms with van der Waals surface area (Å²) in [5, 5.41) is 8.85. The molecule has 2 aliphatic heterocycles. The third-order valence-electron chi connectivity index (χ3n) is 5.85. The number of fused-ring (bicyclic) bond motifs is 1. The lowest BCUT2D eigenvalue weighted by Crippen LogP contribution is -2.50. The molecule has 3 heterocycles. The second-order valence-corrected chi connectivity index (χ2v) is 7.58. The highest BCUT2D eigenvalue weighted by Crippen LogP contribution is 2.22. The molecule has 4 rings (SSSR count). The number of hydrogen-bond donors (Lipinski definition) is 0. The van der Waals surface area contributed by atoms with Crippen molar-refractivity contribution in [2.75, 3.05) is 26.2 Å². The Morgan fingerprint density at radius 2 is 1.92 bits per heavy atom. The molecule has 1 saturated heterocycles. The van der Waals surface area contributed by atoms with Crippen LogP contribution in [0.25, 0.3) is 0 Å². The molecule has 0 radical (unpaired) electrons. The van der Waals surface area contributed by atoms with Crippen LogP contribution in [-0.4, -0.2) is 56.7 Å². The van der Waals surface area contributed by atoms with Crippen LogP contribution in [0.2, 0.25) is 0 Å². The molecule has 1 aliphatic carbocycles. The van der Waals surface area contributed by atoms with E-state index < -0.39 is 0 Å². The van der Waals surface area contributed by atoms with E-state index in [0.29, 0.717) is 5.91 Å². The standard InChI is InChI=1S/C19H29N5O/c25-19(16-7-3-1-4-8-16)23-13-11-22(12-14-23)15-18-21-20-17-9-5-2-6-10-24(17)18/h1,3,16H,2,4-15H2. The Hall–Kier alpha value is -1.69. The number of allylic oxidation sites excluding steroid dienone is 2. The molecule has 0 N–H and O–H groups in total. The van der Waals surface area contributed by atoms with Crippen molar-refractivity contribution in [3.63, 3.8) is 0 Å². The van der Waals surface area contributed by atoms with Gasteiger partial charge < -0.3 is 9.47 Å². The molecule has 25 heavy (non-hydrogen) atoms. The van der Waals surface area contributed by atoms with E-state index >= 15 is 0 Å². The number of rotatable bonds is 3. The van der Waals surface area contributed by atoms with Crippen molar-refractivity contribution >= 4 is 5.91 Å². The highest BCUT2D eigenvalue weighted by atomic mass is 16.2. The van der Waals surface area contributed by atoms with E-state index in [-0.39, 0.29) is 5.92 Å². The lowest BCUT2D eigenvalue weighted by atomic mass is 9.93. The van der Waals surface area contributed by atoms with E-state index in [2.05, 4.69) is 36.7 Å². The van der Waals surface area contributed by atoms with Gasteiger partial charge in [-0.25, -0.2) is 0 Å². The number of carbonyl (C=O) groups is 1. The summed E-state index contributed by atoms with van der Waals surface area (Å²) < 4.78 is 2.33. The molecule has 1 unspecified atom stereocenters. The number of carbonyl (C=O) groups excluding carboxylic acids is 1. The predicted molar refractivity (Wildman–Crippen MR) is 95.9 cm³/mol. The summed E-state index contributed by atoms with van der Waals surface area (Å²) in [6, 6.07) is 0. The lowest BCUT2D eigenvalue weighted by Gasteiger charge is -2.36. The van der Waals surface area contributed by atoms with Crippen molar-refractivity contribution in [2.24, 2.45) is 5.92 Å². The first-order chi connectivity index (χ1) is 12.3. The van der Waals surface area contributed by atoms with E-state index in [1.807, 2.05) is 0 Å². The highest BCUT2D eigenvalue weighted by molar-refractivity contribution is 5.79. The van der Waals surface area contributed by atoms with E-state index in [1.165, 1.54) is 19.3 Å². The maximum atomic E-state index is 12.7. The molecule has 0 bridgehead atoms. The van der Waals surface area contributed by atoms with Crippen LogP contribution < -0.4 is 0 Å². The average Bonchev–Trinajstić information content (AvgIpc) is 2.89. The molecule has 0 spiro atoms. The predicted octanol–water partition coefficient (Wildman–Crippen LogP) is 2.00. The van der Waals surface area contributed by atoms with E-state index in [9.17, 15) is 4.79 Å². The Labute approximate surface area is 149 Å². The molecule has 1 atom stereocenters. The normalized spacial score (nSPS) is 24.8. The van der Waals surface area contributed by atoms with E-state index in [1.54, 1.807) is 0 Å². The molecule has 6 heteroatoms. The Morgan fingerprint density at radius 1 is 1.04 bits per heavy atom. The molecule has 1 aromatic heterocycles. The molecule has 1 amide bonds. The van der Waals surface area contributed by atoms with Crippen LogP contribution in [0.4, 0.5) is 0 Å². The van der Waals surface area contributed by atoms with Crippen LogP contribution in [-0.2, 0) is 24.3 Å². The summed E-state index contributed by atoms with van der Waals surface area (Å²) in [7, 11) is 0. The smallest absolute Gasteiger partial charge is 0.226 e. The molecule has 136 valence electrons. The van der Waals surface area contributed by atoms with Gasteiger partial charge in [-0.05, 0) is 32.1 Å². The Bertz CT molecular complexity index is 630. The largest absolute Gasteiger partial charge is 0.340 e. The molecule has 1 fully saturated rings. The fourth-order valence-electron chi connectivity index (χ4n) is 4.26. The summed E-state index contributed by atoms with van der Waals surface area (Å²) in [5.41, 5.74) is 0. The summed E-state index contributed by atoms with van der Waals surface area (Å²) in [5.74, 6) is 2.84. The monoisotopic (exact) mass is 343 g/mol. The zero-order chi connectivity index (χ0) is 17.1. The summed E-state index contributed by atoms with van der Waals surface area (Å²) in [6.07, 6.45) is 12.2. The van der Waals surface area contributed by atoms with Crippen molar-refractivity contribution in [3.8, 4) is 0 Å². The summed E-state index contributed by atoms with van der Waals surface area (Å²) >= 11 is 0. The molecular formula is C19H29N5O. The fraction of sp³-hybridized carbons (Fsp3) is 0.737. The van der Waals surface area contributed by atoms with Crippen LogP contribution in [0.3, 0.4) is 0 Å². The quantitative estimate of drug-likeness (QED) is 0.788. The zero-order valence-electron chi connectivity index (χ0n) is 15.1. The number of aryl methyl sites for hydroxylation is 1. The SMILES string of the molecule is O=C(C1CC=CCC1)N1CCN(Cc2nnc3n2CCCCC3)CC1. The topological polar surface area (TPSA) is 54.3 Å². The van der Waals surface area contributed by atoms with Crippen molar-refractivity contribution < 1.29 is 4.79 Å². The van der Waals surface area contributed by atoms with E-state index in [0.717, 1.165) is 76.6 Å². The van der Waals surface area contributed by atoms with Gasteiger partial charge in [-0.3, -0.25) is 9.69 Å². The van der Waals surface area contributed by atoms with Gasteiger partial charge in [0, 0.05) is 45.1 Å². The van der Waals surface area contributed by atoms with Gasteiger partial charge in [0.15, 0.2) is 0 Å². The van der Waals surface area contributed by atoms with Gasteiger partial charge >= 0.3 is 0 Å². The maximum absolute atomic E-state index is 12.7. The molecule has 0 saturated carbocycles. The zero-order valence-corrected chi connectivity index (χ0v) is 15.1. The van der Waals surface area contributed by atoms with Crippen LogP contribution >= 0.6 is 0 Å². The van der Waals surface area contributed by atoms with Gasteiger partial charge in [-0.2, -0.15) is 0 Å². The van der Waals surface area contributed by atoms with Gasteiger partial charge in [0.25, 0.3) is 0 Å². The van der Waals surface area contributed by atoms with Crippen LogP contribution in [0.1, 0.15) is 50.2 Å². The molecule has 6 nitrogen and oxygen atoms in total. The average molecular weight is 343 g/mol. The number of amides is 1. The number of hydrogen-bond acceptors (Lipinski definition) is 4.